The number of benzene rings is 1. The zero-order valence-electron chi connectivity index (χ0n) is 18.9. The lowest BCUT2D eigenvalue weighted by molar-refractivity contribution is 0.186. The molecule has 1 aliphatic carbocycles. The normalized spacial score (nSPS) is 21.1. The van der Waals surface area contributed by atoms with Gasteiger partial charge in [-0.05, 0) is 63.7 Å². The first-order valence-corrected chi connectivity index (χ1v) is 12.2. The average molecular weight is 446 g/mol. The second-order valence-electron chi connectivity index (χ2n) is 9.54. The molecule has 1 atom stereocenters. The van der Waals surface area contributed by atoms with Crippen molar-refractivity contribution in [3.05, 3.63) is 42.9 Å². The molecule has 2 saturated heterocycles. The van der Waals surface area contributed by atoms with E-state index in [0.717, 1.165) is 54.3 Å². The Balaban J connectivity index is 1.14. The highest BCUT2D eigenvalue weighted by molar-refractivity contribution is 5.90. The summed E-state index contributed by atoms with van der Waals surface area (Å²) in [5.41, 5.74) is 3.73. The lowest BCUT2D eigenvalue weighted by Crippen LogP contribution is -2.44. The molecule has 33 heavy (non-hydrogen) atoms. The first kappa shape index (κ1) is 20.5. The Morgan fingerprint density at radius 1 is 1.00 bits per heavy atom. The van der Waals surface area contributed by atoms with Crippen molar-refractivity contribution in [2.45, 2.75) is 50.6 Å². The Labute approximate surface area is 194 Å². The number of carbonyl (C=O) groups excluding carboxylic acids is 1. The largest absolute Gasteiger partial charge is 0.364 e. The van der Waals surface area contributed by atoms with Gasteiger partial charge in [-0.3, -0.25) is 4.40 Å². The molecule has 4 heterocycles. The van der Waals surface area contributed by atoms with E-state index in [0.29, 0.717) is 12.1 Å². The van der Waals surface area contributed by atoms with Crippen molar-refractivity contribution < 1.29 is 4.79 Å². The lowest BCUT2D eigenvalue weighted by Gasteiger charge is -2.28. The van der Waals surface area contributed by atoms with Crippen LogP contribution in [0.2, 0.25) is 0 Å². The van der Waals surface area contributed by atoms with Crippen molar-refractivity contribution in [1.29, 1.82) is 0 Å². The Morgan fingerprint density at radius 3 is 2.61 bits per heavy atom. The second-order valence-corrected chi connectivity index (χ2v) is 9.54. The van der Waals surface area contributed by atoms with E-state index < -0.39 is 0 Å². The number of carbonyl (C=O) groups is 1. The van der Waals surface area contributed by atoms with Gasteiger partial charge in [0.05, 0.1) is 11.9 Å². The minimum absolute atomic E-state index is 0.0149. The van der Waals surface area contributed by atoms with Crippen LogP contribution in [0.5, 0.6) is 0 Å². The maximum absolute atomic E-state index is 13.0. The summed E-state index contributed by atoms with van der Waals surface area (Å²) in [6, 6.07) is 8.90. The Morgan fingerprint density at radius 2 is 1.82 bits per heavy atom. The van der Waals surface area contributed by atoms with E-state index in [2.05, 4.69) is 29.9 Å². The predicted octanol–water partition coefficient (Wildman–Crippen LogP) is 4.06. The standard InChI is InChI=1S/C25H31N7O/c33-25(31-14-3-4-21(31)17-30-12-1-2-13-30)29-20-7-5-18(6-8-20)22-16-27-24-23(28-19-9-10-19)26-11-15-32(22)24/h5-8,11,15-16,19,21H,1-4,9-10,12-14,17H2,(H,26,28)(H,29,33)/t21-/m1/s1. The number of rotatable bonds is 6. The second kappa shape index (κ2) is 8.67. The zero-order chi connectivity index (χ0) is 22.2. The molecule has 0 spiro atoms. The summed E-state index contributed by atoms with van der Waals surface area (Å²) < 4.78 is 2.07. The maximum Gasteiger partial charge on any atom is 0.322 e. The molecular weight excluding hydrogens is 414 g/mol. The third-order valence-electron chi connectivity index (χ3n) is 7.08. The van der Waals surface area contributed by atoms with Gasteiger partial charge in [0.2, 0.25) is 0 Å². The van der Waals surface area contributed by atoms with Crippen molar-refractivity contribution >= 4 is 23.2 Å². The minimum atomic E-state index is 0.0149. The van der Waals surface area contributed by atoms with E-state index in [1.54, 1.807) is 0 Å². The van der Waals surface area contributed by atoms with Crippen molar-refractivity contribution in [2.24, 2.45) is 0 Å². The summed E-state index contributed by atoms with van der Waals surface area (Å²) in [5.74, 6) is 0.837. The van der Waals surface area contributed by atoms with Crippen LogP contribution >= 0.6 is 0 Å². The van der Waals surface area contributed by atoms with Crippen LogP contribution < -0.4 is 10.6 Å². The van der Waals surface area contributed by atoms with Gasteiger partial charge < -0.3 is 20.4 Å². The van der Waals surface area contributed by atoms with Crippen LogP contribution in [0.25, 0.3) is 16.9 Å². The number of amides is 2. The van der Waals surface area contributed by atoms with E-state index in [4.69, 9.17) is 0 Å². The number of urea groups is 1. The van der Waals surface area contributed by atoms with E-state index in [1.165, 1.54) is 38.8 Å². The molecule has 172 valence electrons. The Kier molecular flexibility index (Phi) is 5.38. The number of nitrogens with zero attached hydrogens (tertiary/aromatic N) is 5. The van der Waals surface area contributed by atoms with Crippen molar-refractivity contribution in [3.63, 3.8) is 0 Å². The molecule has 2 aliphatic heterocycles. The van der Waals surface area contributed by atoms with E-state index >= 15 is 0 Å². The van der Waals surface area contributed by atoms with Crippen LogP contribution in [-0.2, 0) is 0 Å². The van der Waals surface area contributed by atoms with Gasteiger partial charge in [0.15, 0.2) is 11.5 Å². The first-order valence-electron chi connectivity index (χ1n) is 12.2. The highest BCUT2D eigenvalue weighted by Crippen LogP contribution is 2.29. The number of fused-ring (bicyclic) bond motifs is 1. The minimum Gasteiger partial charge on any atom is -0.364 e. The quantitative estimate of drug-likeness (QED) is 0.598. The molecule has 1 saturated carbocycles. The molecule has 8 heteroatoms. The maximum atomic E-state index is 13.0. The van der Waals surface area contributed by atoms with Crippen LogP contribution in [-0.4, -0.2) is 68.5 Å². The number of aromatic nitrogens is 3. The molecule has 1 aromatic carbocycles. The van der Waals surface area contributed by atoms with Gasteiger partial charge in [-0.25, -0.2) is 14.8 Å². The average Bonchev–Trinajstić information content (AvgIpc) is 3.23. The van der Waals surface area contributed by atoms with Crippen LogP contribution in [0.1, 0.15) is 38.5 Å². The van der Waals surface area contributed by atoms with Gasteiger partial charge in [0, 0.05) is 48.8 Å². The third kappa shape index (κ3) is 4.27. The summed E-state index contributed by atoms with van der Waals surface area (Å²) in [4.78, 5) is 26.6. The van der Waals surface area contributed by atoms with Crippen LogP contribution in [0, 0.1) is 0 Å². The number of likely N-dealkylation sites (tertiary alicyclic amines) is 2. The summed E-state index contributed by atoms with van der Waals surface area (Å²) in [5, 5.41) is 6.57. The summed E-state index contributed by atoms with van der Waals surface area (Å²) in [6.07, 6.45) is 12.8. The van der Waals surface area contributed by atoms with Crippen LogP contribution in [0.15, 0.2) is 42.9 Å². The van der Waals surface area contributed by atoms with Gasteiger partial charge in [-0.2, -0.15) is 0 Å². The molecule has 8 nitrogen and oxygen atoms in total. The van der Waals surface area contributed by atoms with Crippen molar-refractivity contribution in [1.82, 2.24) is 24.2 Å². The molecule has 3 aromatic rings. The number of hydrogen-bond acceptors (Lipinski definition) is 5. The molecule has 6 rings (SSSR count). The topological polar surface area (TPSA) is 77.8 Å². The number of hydrogen-bond donors (Lipinski definition) is 2. The van der Waals surface area contributed by atoms with E-state index in [-0.39, 0.29) is 6.03 Å². The lowest BCUT2D eigenvalue weighted by atomic mass is 10.1. The fourth-order valence-electron chi connectivity index (χ4n) is 5.13. The smallest absolute Gasteiger partial charge is 0.322 e. The number of nitrogens with one attached hydrogen (secondary N) is 2. The summed E-state index contributed by atoms with van der Waals surface area (Å²) in [7, 11) is 0. The van der Waals surface area contributed by atoms with Gasteiger partial charge in [-0.15, -0.1) is 0 Å². The number of anilines is 2. The molecule has 2 N–H and O–H groups in total. The van der Waals surface area contributed by atoms with Crippen molar-refractivity contribution in [3.8, 4) is 11.3 Å². The Hall–Kier alpha value is -3.13. The molecule has 2 aromatic heterocycles. The summed E-state index contributed by atoms with van der Waals surface area (Å²) in [6.45, 7) is 4.19. The van der Waals surface area contributed by atoms with E-state index in [1.807, 2.05) is 47.8 Å². The summed E-state index contributed by atoms with van der Waals surface area (Å²) >= 11 is 0. The molecular formula is C25H31N7O. The molecule has 2 amide bonds. The zero-order valence-corrected chi connectivity index (χ0v) is 18.9. The SMILES string of the molecule is O=C(Nc1ccc(-c2cnc3c(NC4CC4)nccn23)cc1)N1CCC[C@@H]1CN1CCCC1. The van der Waals surface area contributed by atoms with Gasteiger partial charge in [0.25, 0.3) is 0 Å². The van der Waals surface area contributed by atoms with Crippen LogP contribution in [0.3, 0.4) is 0 Å². The van der Waals surface area contributed by atoms with Crippen molar-refractivity contribution in [2.75, 3.05) is 36.8 Å². The highest BCUT2D eigenvalue weighted by Gasteiger charge is 2.31. The molecule has 3 aliphatic rings. The fourth-order valence-corrected chi connectivity index (χ4v) is 5.13. The number of imidazole rings is 1. The fraction of sp³-hybridized carbons (Fsp3) is 0.480. The van der Waals surface area contributed by atoms with Gasteiger partial charge in [0.1, 0.15) is 0 Å². The molecule has 0 radical (unpaired) electrons. The Bertz CT molecular complexity index is 1130. The van der Waals surface area contributed by atoms with Gasteiger partial charge >= 0.3 is 6.03 Å². The van der Waals surface area contributed by atoms with E-state index in [9.17, 15) is 4.79 Å². The molecule has 3 fully saturated rings. The molecule has 0 unspecified atom stereocenters. The highest BCUT2D eigenvalue weighted by atomic mass is 16.2. The van der Waals surface area contributed by atoms with Crippen LogP contribution in [0.4, 0.5) is 16.3 Å². The molecule has 0 bridgehead atoms. The monoisotopic (exact) mass is 445 g/mol. The third-order valence-corrected chi connectivity index (χ3v) is 7.08. The van der Waals surface area contributed by atoms with Gasteiger partial charge in [-0.1, -0.05) is 12.1 Å². The first-order chi connectivity index (χ1) is 16.2. The predicted molar refractivity (Wildman–Crippen MR) is 129 cm³/mol.